The maximum Gasteiger partial charge on any atom is 0.303 e. The molecule has 6 nitrogen and oxygen atoms in total. The Hall–Kier alpha value is -1.66. The van der Waals surface area contributed by atoms with Gasteiger partial charge in [-0.25, -0.2) is 0 Å². The average molecular weight is 396 g/mol. The molecule has 0 saturated heterocycles. The van der Waals surface area contributed by atoms with Crippen LogP contribution in [0, 0.1) is 17.3 Å². The normalized spacial score (nSPS) is 25.9. The van der Waals surface area contributed by atoms with Gasteiger partial charge in [-0.1, -0.05) is 63.1 Å². The number of hydrogen-bond donors (Lipinski definition) is 4. The number of carboxylic acids is 1. The third-order valence-electron chi connectivity index (χ3n) is 5.70. The topological polar surface area (TPSA) is 110 Å². The van der Waals surface area contributed by atoms with E-state index >= 15 is 0 Å². The molecule has 0 heterocycles. The van der Waals surface area contributed by atoms with Crippen molar-refractivity contribution in [2.24, 2.45) is 22.4 Å². The van der Waals surface area contributed by atoms with Gasteiger partial charge < -0.3 is 20.5 Å². The van der Waals surface area contributed by atoms with Crippen LogP contribution in [0.2, 0.25) is 0 Å². The van der Waals surface area contributed by atoms with E-state index < -0.39 is 18.2 Å². The molecular weight excluding hydrogens is 358 g/mol. The predicted octanol–water partition coefficient (Wildman–Crippen LogP) is 4.15. The second-order valence-electron chi connectivity index (χ2n) is 8.47. The van der Waals surface area contributed by atoms with Crippen molar-refractivity contribution >= 4 is 11.7 Å². The summed E-state index contributed by atoms with van der Waals surface area (Å²) >= 11 is 0. The molecule has 0 aliphatic heterocycles. The van der Waals surface area contributed by atoms with Crippen molar-refractivity contribution in [1.82, 2.24) is 0 Å². The first-order valence-corrected chi connectivity index (χ1v) is 10.3. The van der Waals surface area contributed by atoms with Crippen molar-refractivity contribution in [3.05, 3.63) is 24.3 Å². The van der Waals surface area contributed by atoms with Gasteiger partial charge in [-0.2, -0.15) is 0 Å². The van der Waals surface area contributed by atoms with Crippen molar-refractivity contribution in [3.63, 3.8) is 0 Å². The van der Waals surface area contributed by atoms with Crippen molar-refractivity contribution < 1.29 is 25.3 Å². The van der Waals surface area contributed by atoms with Gasteiger partial charge in [-0.05, 0) is 31.1 Å². The number of oxime groups is 1. The lowest BCUT2D eigenvalue weighted by Crippen LogP contribution is -2.28. The van der Waals surface area contributed by atoms with Crippen LogP contribution in [0.4, 0.5) is 0 Å². The van der Waals surface area contributed by atoms with Crippen LogP contribution in [-0.2, 0) is 4.79 Å². The van der Waals surface area contributed by atoms with Gasteiger partial charge >= 0.3 is 5.97 Å². The smallest absolute Gasteiger partial charge is 0.303 e. The van der Waals surface area contributed by atoms with Crippen LogP contribution in [-0.4, -0.2) is 44.4 Å². The standard InChI is InChI=1S/C22H37NO5/c1-4-5-14-22(2,3)20(25)13-12-16-17(19(24)15-18(16)23-28)10-8-6-7-9-11-21(26)27/h6,8,12-13,16-17,19-20,24-25,28H,4-5,7,9-11,14-15H2,1-3H3,(H,26,27)/b8-6-,13-12+,23-18-. The number of aliphatic carboxylic acids is 1. The Kier molecular flexibility index (Phi) is 10.5. The average Bonchev–Trinajstić information content (AvgIpc) is 2.95. The monoisotopic (exact) mass is 395 g/mol. The third-order valence-corrected chi connectivity index (χ3v) is 5.70. The van der Waals surface area contributed by atoms with Gasteiger partial charge in [-0.3, -0.25) is 4.79 Å². The summed E-state index contributed by atoms with van der Waals surface area (Å²) in [7, 11) is 0. The highest BCUT2D eigenvalue weighted by Crippen LogP contribution is 2.35. The summed E-state index contributed by atoms with van der Waals surface area (Å²) in [4.78, 5) is 10.5. The van der Waals surface area contributed by atoms with E-state index in [9.17, 15) is 20.2 Å². The van der Waals surface area contributed by atoms with Gasteiger partial charge in [-0.15, -0.1) is 0 Å². The number of aliphatic hydroxyl groups excluding tert-OH is 2. The van der Waals surface area contributed by atoms with E-state index in [-0.39, 0.29) is 23.7 Å². The lowest BCUT2D eigenvalue weighted by Gasteiger charge is -2.29. The Bertz CT molecular complexity index is 567. The molecule has 4 unspecified atom stereocenters. The number of hydrogen-bond acceptors (Lipinski definition) is 5. The molecule has 0 aromatic carbocycles. The summed E-state index contributed by atoms with van der Waals surface area (Å²) in [6.07, 6.45) is 11.7. The Balaban J connectivity index is 2.73. The molecule has 1 aliphatic carbocycles. The van der Waals surface area contributed by atoms with E-state index in [0.29, 0.717) is 31.4 Å². The SMILES string of the molecule is CCCCC(C)(C)C(O)/C=C/C1/C(=N\O)CC(O)C1C/C=C\CCCC(=O)O. The Morgan fingerprint density at radius 3 is 2.64 bits per heavy atom. The molecule has 4 N–H and O–H groups in total. The molecule has 0 aromatic heterocycles. The molecule has 1 fully saturated rings. The maximum atomic E-state index is 10.6. The van der Waals surface area contributed by atoms with Gasteiger partial charge in [0.1, 0.15) is 0 Å². The molecule has 0 amide bonds. The summed E-state index contributed by atoms with van der Waals surface area (Å²) in [6.45, 7) is 6.21. The molecule has 0 aromatic rings. The minimum absolute atomic E-state index is 0.121. The van der Waals surface area contributed by atoms with E-state index in [4.69, 9.17) is 5.11 Å². The lowest BCUT2D eigenvalue weighted by molar-refractivity contribution is -0.137. The minimum Gasteiger partial charge on any atom is -0.481 e. The van der Waals surface area contributed by atoms with Crippen LogP contribution in [0.5, 0.6) is 0 Å². The Labute approximate surface area is 168 Å². The zero-order chi connectivity index (χ0) is 21.2. The summed E-state index contributed by atoms with van der Waals surface area (Å²) in [5.41, 5.74) is 0.298. The van der Waals surface area contributed by atoms with E-state index in [1.807, 2.05) is 32.1 Å². The fourth-order valence-corrected chi connectivity index (χ4v) is 3.66. The highest BCUT2D eigenvalue weighted by atomic mass is 16.4. The summed E-state index contributed by atoms with van der Waals surface area (Å²) in [5.74, 6) is -1.14. The van der Waals surface area contributed by atoms with Crippen LogP contribution >= 0.6 is 0 Å². The quantitative estimate of drug-likeness (QED) is 0.172. The van der Waals surface area contributed by atoms with Crippen molar-refractivity contribution in [1.29, 1.82) is 0 Å². The maximum absolute atomic E-state index is 10.6. The highest BCUT2D eigenvalue weighted by Gasteiger charge is 2.38. The number of rotatable bonds is 12. The lowest BCUT2D eigenvalue weighted by atomic mass is 9.80. The zero-order valence-corrected chi connectivity index (χ0v) is 17.4. The minimum atomic E-state index is -0.797. The first kappa shape index (κ1) is 24.4. The van der Waals surface area contributed by atoms with Crippen molar-refractivity contribution in [3.8, 4) is 0 Å². The summed E-state index contributed by atoms with van der Waals surface area (Å²) in [5, 5.41) is 42.3. The largest absolute Gasteiger partial charge is 0.481 e. The summed E-state index contributed by atoms with van der Waals surface area (Å²) < 4.78 is 0. The number of carbonyl (C=O) groups is 1. The van der Waals surface area contributed by atoms with E-state index in [1.165, 1.54) is 0 Å². The van der Waals surface area contributed by atoms with Crippen LogP contribution in [0.15, 0.2) is 29.5 Å². The van der Waals surface area contributed by atoms with Crippen LogP contribution in [0.1, 0.15) is 72.1 Å². The van der Waals surface area contributed by atoms with Crippen molar-refractivity contribution in [2.75, 3.05) is 0 Å². The molecule has 1 rings (SSSR count). The Morgan fingerprint density at radius 2 is 2.04 bits per heavy atom. The number of carboxylic acid groups (broad SMARTS) is 1. The summed E-state index contributed by atoms with van der Waals surface area (Å²) in [6, 6.07) is 0. The number of unbranched alkanes of at least 4 members (excludes halogenated alkanes) is 2. The fourth-order valence-electron chi connectivity index (χ4n) is 3.66. The fraction of sp³-hybridized carbons (Fsp3) is 0.727. The highest BCUT2D eigenvalue weighted by molar-refractivity contribution is 5.90. The number of aliphatic hydroxyl groups is 2. The van der Waals surface area contributed by atoms with Gasteiger partial charge in [0.15, 0.2) is 0 Å². The molecule has 6 heteroatoms. The number of allylic oxidation sites excluding steroid dienone is 3. The van der Waals surface area contributed by atoms with Gasteiger partial charge in [0.2, 0.25) is 0 Å². The zero-order valence-electron chi connectivity index (χ0n) is 17.4. The van der Waals surface area contributed by atoms with Crippen molar-refractivity contribution in [2.45, 2.75) is 84.3 Å². The second kappa shape index (κ2) is 12.0. The van der Waals surface area contributed by atoms with Gasteiger partial charge in [0.05, 0.1) is 17.9 Å². The molecule has 1 aliphatic rings. The molecular formula is C22H37NO5. The van der Waals surface area contributed by atoms with Crippen LogP contribution < -0.4 is 0 Å². The van der Waals surface area contributed by atoms with E-state index in [0.717, 1.165) is 19.3 Å². The predicted molar refractivity (Wildman–Crippen MR) is 111 cm³/mol. The molecule has 0 spiro atoms. The second-order valence-corrected chi connectivity index (χ2v) is 8.47. The van der Waals surface area contributed by atoms with Gasteiger partial charge in [0.25, 0.3) is 0 Å². The molecule has 28 heavy (non-hydrogen) atoms. The number of nitrogens with zero attached hydrogens (tertiary/aromatic N) is 1. The van der Waals surface area contributed by atoms with Crippen LogP contribution in [0.3, 0.4) is 0 Å². The van der Waals surface area contributed by atoms with Gasteiger partial charge in [0, 0.05) is 24.7 Å². The molecule has 1 saturated carbocycles. The third kappa shape index (κ3) is 7.76. The molecule has 4 atom stereocenters. The Morgan fingerprint density at radius 1 is 1.32 bits per heavy atom. The van der Waals surface area contributed by atoms with E-state index in [1.54, 1.807) is 6.08 Å². The molecule has 0 radical (unpaired) electrons. The first-order chi connectivity index (χ1) is 13.2. The molecule has 0 bridgehead atoms. The molecule has 160 valence electrons. The first-order valence-electron chi connectivity index (χ1n) is 10.3. The van der Waals surface area contributed by atoms with E-state index in [2.05, 4.69) is 12.1 Å². The van der Waals surface area contributed by atoms with Crippen LogP contribution in [0.25, 0.3) is 0 Å².